The van der Waals surface area contributed by atoms with Gasteiger partial charge in [-0.1, -0.05) is 36.8 Å². The van der Waals surface area contributed by atoms with E-state index in [0.717, 1.165) is 11.1 Å². The predicted octanol–water partition coefficient (Wildman–Crippen LogP) is 1.45. The number of hydrogen-bond donors (Lipinski definition) is 2. The molecule has 0 amide bonds. The molecule has 0 radical (unpaired) electrons. The van der Waals surface area contributed by atoms with Crippen LogP contribution < -0.4 is 4.72 Å². The van der Waals surface area contributed by atoms with E-state index in [1.807, 2.05) is 38.1 Å². The van der Waals surface area contributed by atoms with Crippen molar-refractivity contribution >= 4 is 16.0 Å². The number of carboxylic acid groups (broad SMARTS) is 1. The van der Waals surface area contributed by atoms with Gasteiger partial charge in [0.2, 0.25) is 10.0 Å². The summed E-state index contributed by atoms with van der Waals surface area (Å²) in [5.41, 5.74) is 1.92. The van der Waals surface area contributed by atoms with Crippen LogP contribution in [-0.4, -0.2) is 25.2 Å². The Morgan fingerprint density at radius 1 is 1.33 bits per heavy atom. The van der Waals surface area contributed by atoms with Gasteiger partial charge in [-0.3, -0.25) is 4.79 Å². The Balaban J connectivity index is 2.85. The van der Waals surface area contributed by atoms with Crippen LogP contribution in [0, 0.1) is 6.92 Å². The van der Waals surface area contributed by atoms with Crippen molar-refractivity contribution < 1.29 is 18.3 Å². The Morgan fingerprint density at radius 3 is 2.33 bits per heavy atom. The average Bonchev–Trinajstić information content (AvgIpc) is 2.25. The highest BCUT2D eigenvalue weighted by Gasteiger charge is 2.20. The van der Waals surface area contributed by atoms with Crippen LogP contribution in [0.5, 0.6) is 0 Å². The lowest BCUT2D eigenvalue weighted by molar-refractivity contribution is -0.134. The van der Waals surface area contributed by atoms with Gasteiger partial charge < -0.3 is 5.11 Å². The zero-order valence-electron chi connectivity index (χ0n) is 10.4. The zero-order chi connectivity index (χ0) is 13.8. The van der Waals surface area contributed by atoms with Gasteiger partial charge in [0.15, 0.2) is 5.75 Å². The standard InChI is InChI=1S/C12H17NO4S/c1-3-11(10-6-4-9(2)5-7-10)13-18(16,17)8-12(14)15/h4-7,11,13H,3,8H2,1-2H3,(H,14,15). The second-order valence-corrected chi connectivity index (χ2v) is 5.90. The first kappa shape index (κ1) is 14.7. The van der Waals surface area contributed by atoms with Crippen molar-refractivity contribution in [2.45, 2.75) is 26.3 Å². The van der Waals surface area contributed by atoms with Crippen molar-refractivity contribution in [3.8, 4) is 0 Å². The van der Waals surface area contributed by atoms with E-state index < -0.39 is 27.8 Å². The van der Waals surface area contributed by atoms with Gasteiger partial charge >= 0.3 is 5.97 Å². The van der Waals surface area contributed by atoms with E-state index in [9.17, 15) is 13.2 Å². The lowest BCUT2D eigenvalue weighted by Gasteiger charge is -2.17. The van der Waals surface area contributed by atoms with E-state index in [1.54, 1.807) is 0 Å². The molecular weight excluding hydrogens is 254 g/mol. The predicted molar refractivity (Wildman–Crippen MR) is 68.8 cm³/mol. The van der Waals surface area contributed by atoms with Crippen molar-refractivity contribution in [1.82, 2.24) is 4.72 Å². The lowest BCUT2D eigenvalue weighted by Crippen LogP contribution is -2.33. The van der Waals surface area contributed by atoms with Crippen molar-refractivity contribution in [2.24, 2.45) is 0 Å². The maximum absolute atomic E-state index is 11.6. The molecule has 1 unspecified atom stereocenters. The summed E-state index contributed by atoms with van der Waals surface area (Å²) in [5, 5.41) is 8.52. The maximum atomic E-state index is 11.6. The van der Waals surface area contributed by atoms with Crippen LogP contribution in [0.1, 0.15) is 30.5 Å². The minimum Gasteiger partial charge on any atom is -0.480 e. The molecule has 0 heterocycles. The van der Waals surface area contributed by atoms with Crippen LogP contribution in [0.4, 0.5) is 0 Å². The number of carboxylic acids is 1. The fraction of sp³-hybridized carbons (Fsp3) is 0.417. The Hall–Kier alpha value is -1.40. The molecule has 18 heavy (non-hydrogen) atoms. The smallest absolute Gasteiger partial charge is 0.320 e. The van der Waals surface area contributed by atoms with Gasteiger partial charge in [0.1, 0.15) is 0 Å². The number of hydrogen-bond acceptors (Lipinski definition) is 3. The molecule has 0 spiro atoms. The number of aliphatic carboxylic acids is 1. The quantitative estimate of drug-likeness (QED) is 0.820. The molecule has 0 aliphatic heterocycles. The minimum atomic E-state index is -3.80. The SMILES string of the molecule is CCC(NS(=O)(=O)CC(=O)O)c1ccc(C)cc1. The molecule has 0 aliphatic carbocycles. The van der Waals surface area contributed by atoms with Crippen molar-refractivity contribution in [1.29, 1.82) is 0 Å². The fourth-order valence-electron chi connectivity index (χ4n) is 1.61. The van der Waals surface area contributed by atoms with Gasteiger partial charge in [0.25, 0.3) is 0 Å². The van der Waals surface area contributed by atoms with E-state index in [0.29, 0.717) is 6.42 Å². The highest BCUT2D eigenvalue weighted by Crippen LogP contribution is 2.18. The molecule has 0 fully saturated rings. The van der Waals surface area contributed by atoms with Crippen LogP contribution in [0.2, 0.25) is 0 Å². The second-order valence-electron chi connectivity index (χ2n) is 4.14. The molecule has 1 aromatic carbocycles. The summed E-state index contributed by atoms with van der Waals surface area (Å²) in [6, 6.07) is 7.07. The maximum Gasteiger partial charge on any atom is 0.320 e. The lowest BCUT2D eigenvalue weighted by atomic mass is 10.0. The van der Waals surface area contributed by atoms with Gasteiger partial charge in [0, 0.05) is 6.04 Å². The van der Waals surface area contributed by atoms with E-state index in [-0.39, 0.29) is 0 Å². The van der Waals surface area contributed by atoms with Crippen LogP contribution in [0.3, 0.4) is 0 Å². The molecule has 0 saturated heterocycles. The molecule has 0 aliphatic rings. The summed E-state index contributed by atoms with van der Waals surface area (Å²) in [7, 11) is -3.80. The summed E-state index contributed by atoms with van der Waals surface area (Å²) in [5.74, 6) is -2.27. The molecule has 5 nitrogen and oxygen atoms in total. The van der Waals surface area contributed by atoms with Gasteiger partial charge in [-0.05, 0) is 18.9 Å². The fourth-order valence-corrected chi connectivity index (χ4v) is 2.75. The number of nitrogens with one attached hydrogen (secondary N) is 1. The van der Waals surface area contributed by atoms with E-state index >= 15 is 0 Å². The molecule has 1 aromatic rings. The summed E-state index contributed by atoms with van der Waals surface area (Å²) >= 11 is 0. The van der Waals surface area contributed by atoms with Crippen LogP contribution in [0.15, 0.2) is 24.3 Å². The Labute approximate surface area is 107 Å². The molecule has 2 N–H and O–H groups in total. The Bertz CT molecular complexity index is 507. The van der Waals surface area contributed by atoms with E-state index in [2.05, 4.69) is 4.72 Å². The zero-order valence-corrected chi connectivity index (χ0v) is 11.2. The van der Waals surface area contributed by atoms with Crippen molar-refractivity contribution in [2.75, 3.05) is 5.75 Å². The molecule has 1 rings (SSSR count). The van der Waals surface area contributed by atoms with Crippen LogP contribution in [-0.2, 0) is 14.8 Å². The van der Waals surface area contributed by atoms with Crippen LogP contribution in [0.25, 0.3) is 0 Å². The number of rotatable bonds is 6. The molecule has 0 saturated carbocycles. The third-order valence-corrected chi connectivity index (χ3v) is 3.79. The van der Waals surface area contributed by atoms with E-state index in [1.165, 1.54) is 0 Å². The number of sulfonamides is 1. The number of carbonyl (C=O) groups is 1. The summed E-state index contributed by atoms with van der Waals surface area (Å²) < 4.78 is 25.5. The normalized spacial score (nSPS) is 13.2. The number of benzene rings is 1. The molecule has 6 heteroatoms. The largest absolute Gasteiger partial charge is 0.480 e. The van der Waals surface area contributed by atoms with Gasteiger partial charge in [-0.15, -0.1) is 0 Å². The van der Waals surface area contributed by atoms with Crippen molar-refractivity contribution in [3.05, 3.63) is 35.4 Å². The first-order chi connectivity index (χ1) is 8.34. The second kappa shape index (κ2) is 5.97. The van der Waals surface area contributed by atoms with E-state index in [4.69, 9.17) is 5.11 Å². The summed E-state index contributed by atoms with van der Waals surface area (Å²) in [6.45, 7) is 3.78. The molecule has 1 atom stereocenters. The van der Waals surface area contributed by atoms with Crippen molar-refractivity contribution in [3.63, 3.8) is 0 Å². The van der Waals surface area contributed by atoms with Gasteiger partial charge in [-0.25, -0.2) is 13.1 Å². The Kier molecular flexibility index (Phi) is 4.86. The minimum absolute atomic E-state index is 0.394. The third kappa shape index (κ3) is 4.46. The summed E-state index contributed by atoms with van der Waals surface area (Å²) in [6.07, 6.45) is 0.557. The van der Waals surface area contributed by atoms with Crippen LogP contribution >= 0.6 is 0 Å². The molecule has 100 valence electrons. The summed E-state index contributed by atoms with van der Waals surface area (Å²) in [4.78, 5) is 10.4. The van der Waals surface area contributed by atoms with Gasteiger partial charge in [-0.2, -0.15) is 0 Å². The molecule has 0 aromatic heterocycles. The molecular formula is C12H17NO4S. The molecule has 0 bridgehead atoms. The Morgan fingerprint density at radius 2 is 1.89 bits per heavy atom. The highest BCUT2D eigenvalue weighted by molar-refractivity contribution is 7.90. The number of aryl methyl sites for hydroxylation is 1. The third-order valence-electron chi connectivity index (χ3n) is 2.52. The average molecular weight is 271 g/mol. The monoisotopic (exact) mass is 271 g/mol. The highest BCUT2D eigenvalue weighted by atomic mass is 32.2. The first-order valence-electron chi connectivity index (χ1n) is 5.62. The topological polar surface area (TPSA) is 83.5 Å². The first-order valence-corrected chi connectivity index (χ1v) is 7.27. The van der Waals surface area contributed by atoms with Gasteiger partial charge in [0.05, 0.1) is 0 Å².